The number of rotatable bonds is 3. The maximum atomic E-state index is 12.4. The molecule has 0 amide bonds. The molecule has 0 aliphatic heterocycles. The number of nitrogens with one attached hydrogen (secondary N) is 1. The smallest absolute Gasteiger partial charge is 0.260 e. The average Bonchev–Trinajstić information content (AvgIpc) is 2.87. The second-order valence-electron chi connectivity index (χ2n) is 5.48. The number of thiophene rings is 1. The van der Waals surface area contributed by atoms with Crippen molar-refractivity contribution >= 4 is 33.2 Å². The molecule has 0 aliphatic rings. The standard InChI is InChI=1S/C18H15N3O3S/c1-9-10(2)25-18-15(9)17(23)20-16(21-18)12(8-19)6-11-4-5-14(24-3)13(22)7-11/h4-7,22H,1-3H3,(H,20,21,23)/b12-6+. The van der Waals surface area contributed by atoms with Gasteiger partial charge in [-0.3, -0.25) is 4.79 Å². The van der Waals surface area contributed by atoms with Gasteiger partial charge >= 0.3 is 0 Å². The van der Waals surface area contributed by atoms with E-state index in [0.29, 0.717) is 21.5 Å². The fourth-order valence-electron chi connectivity index (χ4n) is 2.50. The molecule has 25 heavy (non-hydrogen) atoms. The number of phenolic OH excluding ortho intramolecular Hbond substituents is 1. The molecule has 0 saturated carbocycles. The second kappa shape index (κ2) is 6.42. The number of aromatic amines is 1. The lowest BCUT2D eigenvalue weighted by atomic mass is 10.1. The first-order chi connectivity index (χ1) is 11.9. The first-order valence-corrected chi connectivity index (χ1v) is 8.25. The summed E-state index contributed by atoms with van der Waals surface area (Å²) in [7, 11) is 1.46. The molecule has 0 radical (unpaired) electrons. The van der Waals surface area contributed by atoms with Crippen LogP contribution in [0.3, 0.4) is 0 Å². The number of aromatic nitrogens is 2. The third-order valence-corrected chi connectivity index (χ3v) is 5.03. The molecular weight excluding hydrogens is 338 g/mol. The molecule has 0 saturated heterocycles. The minimum atomic E-state index is -0.263. The van der Waals surface area contributed by atoms with E-state index in [0.717, 1.165) is 10.4 Å². The Bertz CT molecular complexity index is 1100. The lowest BCUT2D eigenvalue weighted by molar-refractivity contribution is 0.373. The van der Waals surface area contributed by atoms with Gasteiger partial charge in [-0.15, -0.1) is 11.3 Å². The monoisotopic (exact) mass is 353 g/mol. The summed E-state index contributed by atoms with van der Waals surface area (Å²) in [5.74, 6) is 0.514. The molecule has 7 heteroatoms. The highest BCUT2D eigenvalue weighted by Gasteiger charge is 2.14. The summed E-state index contributed by atoms with van der Waals surface area (Å²) in [6, 6.07) is 6.83. The summed E-state index contributed by atoms with van der Waals surface area (Å²) in [5.41, 5.74) is 1.44. The molecule has 3 aromatic rings. The van der Waals surface area contributed by atoms with Crippen molar-refractivity contribution in [2.45, 2.75) is 13.8 Å². The van der Waals surface area contributed by atoms with Crippen molar-refractivity contribution in [1.29, 1.82) is 5.26 Å². The Morgan fingerprint density at radius 2 is 2.20 bits per heavy atom. The van der Waals surface area contributed by atoms with Crippen LogP contribution < -0.4 is 10.3 Å². The molecule has 3 rings (SSSR count). The molecule has 0 atom stereocenters. The predicted octanol–water partition coefficient (Wildman–Crippen LogP) is 3.38. The van der Waals surface area contributed by atoms with E-state index in [4.69, 9.17) is 4.74 Å². The van der Waals surface area contributed by atoms with E-state index in [9.17, 15) is 15.2 Å². The zero-order valence-corrected chi connectivity index (χ0v) is 14.7. The molecule has 2 N–H and O–H groups in total. The van der Waals surface area contributed by atoms with E-state index in [1.807, 2.05) is 19.9 Å². The number of hydrogen-bond acceptors (Lipinski definition) is 6. The van der Waals surface area contributed by atoms with Gasteiger partial charge in [-0.25, -0.2) is 4.98 Å². The molecule has 2 aromatic heterocycles. The quantitative estimate of drug-likeness (QED) is 0.703. The van der Waals surface area contributed by atoms with Gasteiger partial charge in [0.1, 0.15) is 10.9 Å². The van der Waals surface area contributed by atoms with Crippen molar-refractivity contribution in [3.63, 3.8) is 0 Å². The van der Waals surface area contributed by atoms with Crippen LogP contribution in [0.2, 0.25) is 0 Å². The Morgan fingerprint density at radius 3 is 2.84 bits per heavy atom. The largest absolute Gasteiger partial charge is 0.504 e. The van der Waals surface area contributed by atoms with Gasteiger partial charge in [-0.1, -0.05) is 6.07 Å². The summed E-state index contributed by atoms with van der Waals surface area (Å²) in [5, 5.41) is 19.9. The number of nitrogens with zero attached hydrogens (tertiary/aromatic N) is 2. The number of aryl methyl sites for hydroxylation is 2. The van der Waals surface area contributed by atoms with Crippen LogP contribution in [0.4, 0.5) is 0 Å². The number of methoxy groups -OCH3 is 1. The Kier molecular flexibility index (Phi) is 4.30. The number of nitriles is 1. The molecule has 0 unspecified atom stereocenters. The van der Waals surface area contributed by atoms with Crippen molar-refractivity contribution in [1.82, 2.24) is 9.97 Å². The van der Waals surface area contributed by atoms with E-state index in [-0.39, 0.29) is 22.7 Å². The summed E-state index contributed by atoms with van der Waals surface area (Å²) in [6.07, 6.45) is 1.55. The van der Waals surface area contributed by atoms with Crippen molar-refractivity contribution in [3.8, 4) is 17.6 Å². The zero-order valence-electron chi connectivity index (χ0n) is 13.9. The van der Waals surface area contributed by atoms with Gasteiger partial charge in [0.15, 0.2) is 17.3 Å². The number of fused-ring (bicyclic) bond motifs is 1. The molecule has 0 fully saturated rings. The highest BCUT2D eigenvalue weighted by Crippen LogP contribution is 2.29. The van der Waals surface area contributed by atoms with E-state index < -0.39 is 0 Å². The van der Waals surface area contributed by atoms with Gasteiger partial charge < -0.3 is 14.8 Å². The number of allylic oxidation sites excluding steroid dienone is 1. The Morgan fingerprint density at radius 1 is 1.44 bits per heavy atom. The maximum Gasteiger partial charge on any atom is 0.260 e. The average molecular weight is 353 g/mol. The zero-order chi connectivity index (χ0) is 18.1. The molecule has 1 aromatic carbocycles. The molecule has 0 spiro atoms. The van der Waals surface area contributed by atoms with E-state index >= 15 is 0 Å². The minimum absolute atomic E-state index is 0.0325. The molecule has 0 bridgehead atoms. The number of phenols is 1. The lowest BCUT2D eigenvalue weighted by Crippen LogP contribution is -2.10. The maximum absolute atomic E-state index is 12.4. The van der Waals surface area contributed by atoms with Crippen LogP contribution in [-0.2, 0) is 0 Å². The van der Waals surface area contributed by atoms with Crippen molar-refractivity contribution in [2.24, 2.45) is 0 Å². The minimum Gasteiger partial charge on any atom is -0.504 e. The summed E-state index contributed by atoms with van der Waals surface area (Å²) in [6.45, 7) is 3.81. The Hall–Kier alpha value is -3.11. The van der Waals surface area contributed by atoms with Crippen molar-refractivity contribution < 1.29 is 9.84 Å². The SMILES string of the molecule is COc1ccc(/C=C(\C#N)c2nc3sc(C)c(C)c3c(=O)[nH]2)cc1O. The van der Waals surface area contributed by atoms with Crippen molar-refractivity contribution in [3.05, 3.63) is 50.4 Å². The van der Waals surface area contributed by atoms with Crippen LogP contribution in [0.15, 0.2) is 23.0 Å². The van der Waals surface area contributed by atoms with Crippen LogP contribution in [0.1, 0.15) is 21.8 Å². The summed E-state index contributed by atoms with van der Waals surface area (Å²) in [4.78, 5) is 21.1. The van der Waals surface area contributed by atoms with E-state index in [1.165, 1.54) is 24.5 Å². The van der Waals surface area contributed by atoms with Crippen LogP contribution in [0.25, 0.3) is 21.9 Å². The Labute approximate surface area is 147 Å². The number of H-pyrrole nitrogens is 1. The fourth-order valence-corrected chi connectivity index (χ4v) is 3.53. The molecule has 126 valence electrons. The highest BCUT2D eigenvalue weighted by molar-refractivity contribution is 7.18. The van der Waals surface area contributed by atoms with Crippen LogP contribution in [0, 0.1) is 25.2 Å². The Balaban J connectivity index is 2.13. The third-order valence-electron chi connectivity index (χ3n) is 3.93. The van der Waals surface area contributed by atoms with E-state index in [1.54, 1.807) is 18.2 Å². The van der Waals surface area contributed by atoms with Gasteiger partial charge in [0, 0.05) is 4.88 Å². The van der Waals surface area contributed by atoms with Gasteiger partial charge in [-0.2, -0.15) is 5.26 Å². The number of aromatic hydroxyl groups is 1. The van der Waals surface area contributed by atoms with Crippen LogP contribution in [-0.4, -0.2) is 22.2 Å². The normalized spacial score (nSPS) is 11.5. The molecular formula is C18H15N3O3S. The third kappa shape index (κ3) is 2.99. The molecule has 2 heterocycles. The first-order valence-electron chi connectivity index (χ1n) is 7.43. The summed E-state index contributed by atoms with van der Waals surface area (Å²) >= 11 is 1.42. The van der Waals surface area contributed by atoms with Gasteiger partial charge in [-0.05, 0) is 43.2 Å². The molecule has 0 aliphatic carbocycles. The first kappa shape index (κ1) is 16.7. The number of ether oxygens (including phenoxy) is 1. The summed E-state index contributed by atoms with van der Waals surface area (Å²) < 4.78 is 5.00. The lowest BCUT2D eigenvalue weighted by Gasteiger charge is -2.04. The predicted molar refractivity (Wildman–Crippen MR) is 97.9 cm³/mol. The molecule has 6 nitrogen and oxygen atoms in total. The second-order valence-corrected chi connectivity index (χ2v) is 6.68. The topological polar surface area (TPSA) is 99.0 Å². The number of hydrogen-bond donors (Lipinski definition) is 2. The highest BCUT2D eigenvalue weighted by atomic mass is 32.1. The van der Waals surface area contributed by atoms with Gasteiger partial charge in [0.25, 0.3) is 5.56 Å². The van der Waals surface area contributed by atoms with Gasteiger partial charge in [0.2, 0.25) is 0 Å². The van der Waals surface area contributed by atoms with Crippen LogP contribution in [0.5, 0.6) is 11.5 Å². The van der Waals surface area contributed by atoms with Crippen LogP contribution >= 0.6 is 11.3 Å². The fraction of sp³-hybridized carbons (Fsp3) is 0.167. The van der Waals surface area contributed by atoms with E-state index in [2.05, 4.69) is 9.97 Å². The van der Waals surface area contributed by atoms with Crippen molar-refractivity contribution in [2.75, 3.05) is 7.11 Å². The number of benzene rings is 1. The van der Waals surface area contributed by atoms with Gasteiger partial charge in [0.05, 0.1) is 18.1 Å².